The number of nitrogens with one attached hydrogen (secondary N) is 1. The molecule has 9 heteroatoms. The highest BCUT2D eigenvalue weighted by Crippen LogP contribution is 2.38. The molecule has 1 aliphatic carbocycles. The summed E-state index contributed by atoms with van der Waals surface area (Å²) in [6, 6.07) is 10.1. The van der Waals surface area contributed by atoms with Crippen molar-refractivity contribution in [3.63, 3.8) is 0 Å². The van der Waals surface area contributed by atoms with Crippen molar-refractivity contribution in [3.8, 4) is 0 Å². The van der Waals surface area contributed by atoms with Crippen LogP contribution < -0.4 is 5.32 Å². The smallest absolute Gasteiger partial charge is 0.341 e. The van der Waals surface area contributed by atoms with E-state index in [2.05, 4.69) is 27.6 Å². The van der Waals surface area contributed by atoms with Crippen LogP contribution >= 0.6 is 23.1 Å². The number of aromatic nitrogens is 3. The van der Waals surface area contributed by atoms with Gasteiger partial charge in [-0.05, 0) is 36.8 Å². The quantitative estimate of drug-likeness (QED) is 0.316. The third kappa shape index (κ3) is 5.05. The number of fused-ring (bicyclic) bond motifs is 1. The van der Waals surface area contributed by atoms with Gasteiger partial charge in [0.15, 0.2) is 5.16 Å². The van der Waals surface area contributed by atoms with Crippen molar-refractivity contribution in [2.45, 2.75) is 43.7 Å². The van der Waals surface area contributed by atoms with Crippen molar-refractivity contribution < 1.29 is 14.3 Å². The Hall–Kier alpha value is -2.65. The second kappa shape index (κ2) is 10.3. The van der Waals surface area contributed by atoms with Crippen LogP contribution in [0, 0.1) is 0 Å². The zero-order valence-electron chi connectivity index (χ0n) is 18.2. The molecule has 0 unspecified atom stereocenters. The van der Waals surface area contributed by atoms with Gasteiger partial charge in [-0.3, -0.25) is 4.79 Å². The highest BCUT2D eigenvalue weighted by atomic mass is 32.2. The average Bonchev–Trinajstić information content (AvgIpc) is 3.22. The van der Waals surface area contributed by atoms with Crippen LogP contribution in [0.5, 0.6) is 0 Å². The molecule has 1 aromatic carbocycles. The molecular weight excluding hydrogens is 444 g/mol. The monoisotopic (exact) mass is 470 g/mol. The number of ether oxygens (including phenoxy) is 1. The zero-order chi connectivity index (χ0) is 22.5. The summed E-state index contributed by atoms with van der Waals surface area (Å²) < 4.78 is 6.92. The van der Waals surface area contributed by atoms with E-state index in [4.69, 9.17) is 4.74 Å². The van der Waals surface area contributed by atoms with E-state index < -0.39 is 0 Å². The standard InChI is InChI=1S/C23H26N4O3S2/c1-27-18(13-15-9-5-3-6-10-15)25-26-23(27)31-14-19(28)24-21-20(22(29)30-2)16-11-7-4-8-12-17(16)32-21/h3,5-6,9-10H,4,7-8,11-14H2,1-2H3,(H,24,28). The molecule has 3 aromatic rings. The van der Waals surface area contributed by atoms with E-state index >= 15 is 0 Å². The molecule has 32 heavy (non-hydrogen) atoms. The minimum absolute atomic E-state index is 0.177. The second-order valence-corrected chi connectivity index (χ2v) is 9.76. The third-order valence-corrected chi connectivity index (χ3v) is 7.75. The Bertz CT molecular complexity index is 1110. The summed E-state index contributed by atoms with van der Waals surface area (Å²) in [5.74, 6) is 0.463. The Labute approximate surface area is 195 Å². The van der Waals surface area contributed by atoms with Crippen molar-refractivity contribution in [2.75, 3.05) is 18.2 Å². The lowest BCUT2D eigenvalue weighted by atomic mass is 10.1. The summed E-state index contributed by atoms with van der Waals surface area (Å²) in [6.07, 6.45) is 5.79. The molecule has 1 aliphatic rings. The van der Waals surface area contributed by atoms with E-state index in [0.29, 0.717) is 22.1 Å². The summed E-state index contributed by atoms with van der Waals surface area (Å²) in [5.41, 5.74) is 2.72. The number of methoxy groups -OCH3 is 1. The second-order valence-electron chi connectivity index (χ2n) is 7.72. The van der Waals surface area contributed by atoms with E-state index in [1.165, 1.54) is 35.1 Å². The molecule has 0 aliphatic heterocycles. The van der Waals surface area contributed by atoms with Gasteiger partial charge in [0.25, 0.3) is 0 Å². The van der Waals surface area contributed by atoms with Gasteiger partial charge in [0, 0.05) is 18.3 Å². The van der Waals surface area contributed by atoms with Gasteiger partial charge in [-0.1, -0.05) is 48.5 Å². The lowest BCUT2D eigenvalue weighted by Gasteiger charge is -2.07. The number of carbonyl (C=O) groups excluding carboxylic acids is 2. The molecular formula is C23H26N4O3S2. The summed E-state index contributed by atoms with van der Waals surface area (Å²) in [7, 11) is 3.29. The highest BCUT2D eigenvalue weighted by Gasteiger charge is 2.26. The van der Waals surface area contributed by atoms with Crippen LogP contribution in [-0.2, 0) is 35.8 Å². The number of amides is 1. The summed E-state index contributed by atoms with van der Waals surface area (Å²) >= 11 is 2.83. The third-order valence-electron chi connectivity index (χ3n) is 5.53. The number of rotatable bonds is 7. The maximum atomic E-state index is 12.7. The van der Waals surface area contributed by atoms with E-state index in [0.717, 1.165) is 49.1 Å². The Morgan fingerprint density at radius 1 is 1.16 bits per heavy atom. The van der Waals surface area contributed by atoms with Crippen molar-refractivity contribution in [3.05, 3.63) is 57.7 Å². The minimum atomic E-state index is -0.383. The molecule has 2 heterocycles. The molecule has 4 rings (SSSR count). The first-order valence-electron chi connectivity index (χ1n) is 10.6. The number of hydrogen-bond acceptors (Lipinski definition) is 7. The van der Waals surface area contributed by atoms with E-state index in [-0.39, 0.29) is 17.6 Å². The number of carbonyl (C=O) groups is 2. The number of benzene rings is 1. The van der Waals surface area contributed by atoms with Crippen LogP contribution in [0.15, 0.2) is 35.5 Å². The number of aryl methyl sites for hydroxylation is 1. The van der Waals surface area contributed by atoms with Crippen molar-refractivity contribution in [2.24, 2.45) is 7.05 Å². The Kier molecular flexibility index (Phi) is 7.26. The lowest BCUT2D eigenvalue weighted by molar-refractivity contribution is -0.113. The molecule has 1 N–H and O–H groups in total. The molecule has 1 amide bonds. The zero-order valence-corrected chi connectivity index (χ0v) is 19.9. The molecule has 7 nitrogen and oxygen atoms in total. The molecule has 0 saturated heterocycles. The van der Waals surface area contributed by atoms with Gasteiger partial charge >= 0.3 is 5.97 Å². The van der Waals surface area contributed by atoms with Gasteiger partial charge in [0.05, 0.1) is 18.4 Å². The van der Waals surface area contributed by atoms with Crippen molar-refractivity contribution in [1.82, 2.24) is 14.8 Å². The molecule has 0 saturated carbocycles. The van der Waals surface area contributed by atoms with Gasteiger partial charge < -0.3 is 14.6 Å². The van der Waals surface area contributed by atoms with Crippen LogP contribution in [0.1, 0.15) is 51.4 Å². The summed E-state index contributed by atoms with van der Waals surface area (Å²) in [5, 5.41) is 12.7. The number of nitrogens with zero attached hydrogens (tertiary/aromatic N) is 3. The van der Waals surface area contributed by atoms with Crippen molar-refractivity contribution in [1.29, 1.82) is 0 Å². The van der Waals surface area contributed by atoms with Crippen molar-refractivity contribution >= 4 is 40.0 Å². The molecule has 0 bridgehead atoms. The number of esters is 1. The summed E-state index contributed by atoms with van der Waals surface area (Å²) in [4.78, 5) is 26.3. The number of thioether (sulfide) groups is 1. The molecule has 0 atom stereocenters. The predicted molar refractivity (Wildman–Crippen MR) is 127 cm³/mol. The topological polar surface area (TPSA) is 86.1 Å². The fraction of sp³-hybridized carbons (Fsp3) is 0.391. The molecule has 0 radical (unpaired) electrons. The summed E-state index contributed by atoms with van der Waals surface area (Å²) in [6.45, 7) is 0. The van der Waals surface area contributed by atoms with Crippen LogP contribution in [0.2, 0.25) is 0 Å². The minimum Gasteiger partial charge on any atom is -0.465 e. The predicted octanol–water partition coefficient (Wildman–Crippen LogP) is 4.25. The maximum absolute atomic E-state index is 12.7. The maximum Gasteiger partial charge on any atom is 0.341 e. The fourth-order valence-electron chi connectivity index (χ4n) is 3.84. The van der Waals surface area contributed by atoms with Gasteiger partial charge in [-0.25, -0.2) is 4.79 Å². The highest BCUT2D eigenvalue weighted by molar-refractivity contribution is 7.99. The van der Waals surface area contributed by atoms with E-state index in [1.807, 2.05) is 29.8 Å². The van der Waals surface area contributed by atoms with Crippen LogP contribution in [0.4, 0.5) is 5.00 Å². The SMILES string of the molecule is COC(=O)c1c(NC(=O)CSc2nnc(Cc3ccccc3)n2C)sc2c1CCCCC2. The number of thiophene rings is 1. The Morgan fingerprint density at radius 2 is 1.94 bits per heavy atom. The van der Waals surface area contributed by atoms with Gasteiger partial charge in [-0.2, -0.15) is 0 Å². The van der Waals surface area contributed by atoms with Crippen LogP contribution in [0.25, 0.3) is 0 Å². The number of anilines is 1. The molecule has 168 valence electrons. The number of hydrogen-bond donors (Lipinski definition) is 1. The molecule has 0 spiro atoms. The van der Waals surface area contributed by atoms with Crippen LogP contribution in [0.3, 0.4) is 0 Å². The fourth-order valence-corrected chi connectivity index (χ4v) is 5.87. The Morgan fingerprint density at radius 3 is 2.72 bits per heavy atom. The van der Waals surface area contributed by atoms with Gasteiger partial charge in [-0.15, -0.1) is 21.5 Å². The first kappa shape index (κ1) is 22.5. The average molecular weight is 471 g/mol. The van der Waals surface area contributed by atoms with Gasteiger partial charge in [0.2, 0.25) is 5.91 Å². The van der Waals surface area contributed by atoms with Gasteiger partial charge in [0.1, 0.15) is 10.8 Å². The molecule has 0 fully saturated rings. The van der Waals surface area contributed by atoms with E-state index in [9.17, 15) is 9.59 Å². The van der Waals surface area contributed by atoms with E-state index in [1.54, 1.807) is 0 Å². The first-order chi connectivity index (χ1) is 15.6. The normalized spacial score (nSPS) is 13.3. The first-order valence-corrected chi connectivity index (χ1v) is 12.4. The largest absolute Gasteiger partial charge is 0.465 e. The lowest BCUT2D eigenvalue weighted by Crippen LogP contribution is -2.16. The Balaban J connectivity index is 1.42. The molecule has 2 aromatic heterocycles. The van der Waals surface area contributed by atoms with Crippen LogP contribution in [-0.4, -0.2) is 39.5 Å².